The molecule has 90 valence electrons. The van der Waals surface area contributed by atoms with E-state index >= 15 is 0 Å². The zero-order valence-electron chi connectivity index (χ0n) is 9.76. The SMILES string of the molecule is CCCC(N)C(O)CCc1ccc(O)cc1. The Morgan fingerprint density at radius 1 is 1.19 bits per heavy atom. The van der Waals surface area contributed by atoms with E-state index in [-0.39, 0.29) is 11.8 Å². The van der Waals surface area contributed by atoms with Crippen LogP contribution in [0, 0.1) is 0 Å². The van der Waals surface area contributed by atoms with Gasteiger partial charge in [0.15, 0.2) is 0 Å². The van der Waals surface area contributed by atoms with E-state index in [4.69, 9.17) is 10.8 Å². The number of phenolic OH excluding ortho intramolecular Hbond substituents is 1. The van der Waals surface area contributed by atoms with Crippen molar-refractivity contribution in [3.8, 4) is 5.75 Å². The maximum atomic E-state index is 9.79. The van der Waals surface area contributed by atoms with Crippen LogP contribution >= 0.6 is 0 Å². The van der Waals surface area contributed by atoms with Gasteiger partial charge in [-0.3, -0.25) is 0 Å². The molecule has 2 unspecified atom stereocenters. The molecular formula is C13H21NO2. The van der Waals surface area contributed by atoms with Crippen molar-refractivity contribution in [1.29, 1.82) is 0 Å². The molecule has 2 atom stereocenters. The minimum absolute atomic E-state index is 0.123. The van der Waals surface area contributed by atoms with Gasteiger partial charge in [-0.25, -0.2) is 0 Å². The first-order chi connectivity index (χ1) is 7.63. The molecule has 0 saturated heterocycles. The maximum absolute atomic E-state index is 9.79. The molecule has 0 aliphatic heterocycles. The molecule has 0 saturated carbocycles. The van der Waals surface area contributed by atoms with Gasteiger partial charge in [0.1, 0.15) is 5.75 Å². The highest BCUT2D eigenvalue weighted by Gasteiger charge is 2.13. The van der Waals surface area contributed by atoms with Gasteiger partial charge in [-0.1, -0.05) is 25.5 Å². The molecule has 0 spiro atoms. The summed E-state index contributed by atoms with van der Waals surface area (Å²) < 4.78 is 0. The normalized spacial score (nSPS) is 14.7. The highest BCUT2D eigenvalue weighted by atomic mass is 16.3. The molecule has 0 aliphatic rings. The lowest BCUT2D eigenvalue weighted by Crippen LogP contribution is -2.34. The minimum atomic E-state index is -0.436. The fourth-order valence-electron chi connectivity index (χ4n) is 1.72. The van der Waals surface area contributed by atoms with Crippen molar-refractivity contribution in [2.75, 3.05) is 0 Å². The Morgan fingerprint density at radius 3 is 2.38 bits per heavy atom. The van der Waals surface area contributed by atoms with Gasteiger partial charge >= 0.3 is 0 Å². The summed E-state index contributed by atoms with van der Waals surface area (Å²) in [6, 6.07) is 6.93. The first kappa shape index (κ1) is 13.0. The third-order valence-electron chi connectivity index (χ3n) is 2.78. The molecular weight excluding hydrogens is 202 g/mol. The standard InChI is InChI=1S/C13H21NO2/c1-2-3-12(14)13(16)9-6-10-4-7-11(15)8-5-10/h4-5,7-8,12-13,15-16H,2-3,6,9,14H2,1H3. The zero-order chi connectivity index (χ0) is 12.0. The lowest BCUT2D eigenvalue weighted by Gasteiger charge is -2.17. The van der Waals surface area contributed by atoms with Crippen LogP contribution in [0.1, 0.15) is 31.7 Å². The van der Waals surface area contributed by atoms with Crippen LogP contribution in [0.5, 0.6) is 5.75 Å². The first-order valence-electron chi connectivity index (χ1n) is 5.85. The van der Waals surface area contributed by atoms with Gasteiger partial charge in [0.25, 0.3) is 0 Å². The van der Waals surface area contributed by atoms with Crippen LogP contribution < -0.4 is 5.73 Å². The van der Waals surface area contributed by atoms with Crippen LogP contribution in [-0.4, -0.2) is 22.4 Å². The molecule has 4 N–H and O–H groups in total. The van der Waals surface area contributed by atoms with Gasteiger partial charge < -0.3 is 15.9 Å². The number of benzene rings is 1. The summed E-state index contributed by atoms with van der Waals surface area (Å²) in [4.78, 5) is 0. The summed E-state index contributed by atoms with van der Waals surface area (Å²) in [5.74, 6) is 0.270. The number of aromatic hydroxyl groups is 1. The Bertz CT molecular complexity index is 297. The second-order valence-electron chi connectivity index (χ2n) is 4.22. The average molecular weight is 223 g/mol. The Balaban J connectivity index is 2.36. The van der Waals surface area contributed by atoms with Crippen LogP contribution in [0.3, 0.4) is 0 Å². The molecule has 0 amide bonds. The van der Waals surface area contributed by atoms with Crippen LogP contribution in [-0.2, 0) is 6.42 Å². The Kier molecular flexibility index (Phi) is 5.29. The Morgan fingerprint density at radius 2 is 1.81 bits per heavy atom. The first-order valence-corrected chi connectivity index (χ1v) is 5.85. The third-order valence-corrected chi connectivity index (χ3v) is 2.78. The number of phenols is 1. The number of hydrogen-bond donors (Lipinski definition) is 3. The lowest BCUT2D eigenvalue weighted by atomic mass is 10.00. The molecule has 3 nitrogen and oxygen atoms in total. The third kappa shape index (κ3) is 4.21. The Hall–Kier alpha value is -1.06. The second kappa shape index (κ2) is 6.51. The van der Waals surface area contributed by atoms with E-state index in [1.165, 1.54) is 0 Å². The zero-order valence-corrected chi connectivity index (χ0v) is 9.76. The van der Waals surface area contributed by atoms with Crippen LogP contribution in [0.25, 0.3) is 0 Å². The lowest BCUT2D eigenvalue weighted by molar-refractivity contribution is 0.131. The highest BCUT2D eigenvalue weighted by Crippen LogP contribution is 2.13. The smallest absolute Gasteiger partial charge is 0.115 e. The summed E-state index contributed by atoms with van der Waals surface area (Å²) >= 11 is 0. The van der Waals surface area contributed by atoms with E-state index < -0.39 is 6.10 Å². The van der Waals surface area contributed by atoms with Crippen molar-refractivity contribution in [1.82, 2.24) is 0 Å². The second-order valence-corrected chi connectivity index (χ2v) is 4.22. The van der Waals surface area contributed by atoms with Gasteiger partial charge in [0.05, 0.1) is 6.10 Å². The van der Waals surface area contributed by atoms with Gasteiger partial charge in [-0.15, -0.1) is 0 Å². The minimum Gasteiger partial charge on any atom is -0.508 e. The number of hydrogen-bond acceptors (Lipinski definition) is 3. The Labute approximate surface area is 96.9 Å². The monoisotopic (exact) mass is 223 g/mol. The number of rotatable bonds is 6. The molecule has 16 heavy (non-hydrogen) atoms. The van der Waals surface area contributed by atoms with Crippen LogP contribution in [0.15, 0.2) is 24.3 Å². The van der Waals surface area contributed by atoms with E-state index in [1.807, 2.05) is 12.1 Å². The molecule has 1 rings (SSSR count). The summed E-state index contributed by atoms with van der Waals surface area (Å²) in [5.41, 5.74) is 6.94. The van der Waals surface area contributed by atoms with Crippen molar-refractivity contribution in [2.24, 2.45) is 5.73 Å². The molecule has 0 radical (unpaired) electrons. The fourth-order valence-corrected chi connectivity index (χ4v) is 1.72. The summed E-state index contributed by atoms with van der Waals surface area (Å²) in [7, 11) is 0. The molecule has 0 aromatic heterocycles. The predicted molar refractivity (Wildman–Crippen MR) is 65.3 cm³/mol. The topological polar surface area (TPSA) is 66.5 Å². The molecule has 0 bridgehead atoms. The fraction of sp³-hybridized carbons (Fsp3) is 0.538. The van der Waals surface area contributed by atoms with E-state index in [0.29, 0.717) is 6.42 Å². The van der Waals surface area contributed by atoms with Crippen molar-refractivity contribution >= 4 is 0 Å². The molecule has 0 aliphatic carbocycles. The van der Waals surface area contributed by atoms with Crippen molar-refractivity contribution in [2.45, 2.75) is 44.8 Å². The highest BCUT2D eigenvalue weighted by molar-refractivity contribution is 5.25. The summed E-state index contributed by atoms with van der Waals surface area (Å²) in [6.45, 7) is 2.06. The van der Waals surface area contributed by atoms with E-state index in [1.54, 1.807) is 12.1 Å². The molecule has 0 heterocycles. The quantitative estimate of drug-likeness (QED) is 0.689. The van der Waals surface area contributed by atoms with Crippen molar-refractivity contribution in [3.05, 3.63) is 29.8 Å². The summed E-state index contributed by atoms with van der Waals surface area (Å²) in [5, 5.41) is 18.9. The van der Waals surface area contributed by atoms with E-state index in [2.05, 4.69) is 6.92 Å². The van der Waals surface area contributed by atoms with Crippen molar-refractivity contribution in [3.63, 3.8) is 0 Å². The van der Waals surface area contributed by atoms with Gasteiger partial charge in [0, 0.05) is 6.04 Å². The number of aryl methyl sites for hydroxylation is 1. The molecule has 1 aromatic rings. The van der Waals surface area contributed by atoms with E-state index in [9.17, 15) is 5.11 Å². The van der Waals surface area contributed by atoms with E-state index in [0.717, 1.165) is 24.8 Å². The van der Waals surface area contributed by atoms with Gasteiger partial charge in [0.2, 0.25) is 0 Å². The number of nitrogens with two attached hydrogens (primary N) is 1. The molecule has 1 aromatic carbocycles. The van der Waals surface area contributed by atoms with Crippen LogP contribution in [0.2, 0.25) is 0 Å². The van der Waals surface area contributed by atoms with Gasteiger partial charge in [-0.05, 0) is 37.0 Å². The average Bonchev–Trinajstić information content (AvgIpc) is 2.28. The van der Waals surface area contributed by atoms with Crippen molar-refractivity contribution < 1.29 is 10.2 Å². The largest absolute Gasteiger partial charge is 0.508 e. The maximum Gasteiger partial charge on any atom is 0.115 e. The number of aliphatic hydroxyl groups excluding tert-OH is 1. The van der Waals surface area contributed by atoms with Crippen LogP contribution in [0.4, 0.5) is 0 Å². The molecule has 0 fully saturated rings. The summed E-state index contributed by atoms with van der Waals surface area (Å²) in [6.07, 6.45) is 2.88. The van der Waals surface area contributed by atoms with Gasteiger partial charge in [-0.2, -0.15) is 0 Å². The number of aliphatic hydroxyl groups is 1. The molecule has 3 heteroatoms. The predicted octanol–water partition coefficient (Wildman–Crippen LogP) is 1.81.